The zero-order valence-electron chi connectivity index (χ0n) is 16.4. The third kappa shape index (κ3) is 6.98. The monoisotopic (exact) mass is 413 g/mol. The van der Waals surface area contributed by atoms with E-state index in [0.29, 0.717) is 6.07 Å². The number of benzene rings is 1. The molecule has 1 rings (SSSR count). The Labute approximate surface area is 166 Å². The molecule has 0 radical (unpaired) electrons. The largest absolute Gasteiger partial charge is 0.462 e. The number of ether oxygens (including phenoxy) is 1. The Morgan fingerprint density at radius 2 is 1.86 bits per heavy atom. The van der Waals surface area contributed by atoms with Gasteiger partial charge < -0.3 is 20.3 Å². The summed E-state index contributed by atoms with van der Waals surface area (Å²) in [6.45, 7) is 1.44. The summed E-state index contributed by atoms with van der Waals surface area (Å²) in [5.74, 6) is -2.87. The molecule has 0 aromatic heterocycles. The zero-order chi connectivity index (χ0) is 22.2. The van der Waals surface area contributed by atoms with E-state index in [1.165, 1.54) is 26.2 Å². The third-order valence-electron chi connectivity index (χ3n) is 3.42. The number of ketones is 1. The predicted octanol–water partition coefficient (Wildman–Crippen LogP) is 2.32. The number of carbonyl (C=O) groups is 3. The Hall–Kier alpha value is -3.30. The lowest BCUT2D eigenvalue weighted by atomic mass is 10.1. The van der Waals surface area contributed by atoms with Crippen LogP contribution in [-0.2, 0) is 25.3 Å². The van der Waals surface area contributed by atoms with E-state index in [-0.39, 0.29) is 18.0 Å². The van der Waals surface area contributed by atoms with Crippen LogP contribution in [0.25, 0.3) is 0 Å². The number of likely N-dealkylation sites (N-methyl/N-ethyl adjacent to an activating group) is 1. The second kappa shape index (κ2) is 10.3. The Morgan fingerprint density at radius 3 is 2.38 bits per heavy atom. The van der Waals surface area contributed by atoms with Crippen LogP contribution in [0.5, 0.6) is 0 Å². The molecule has 0 aliphatic rings. The van der Waals surface area contributed by atoms with Crippen molar-refractivity contribution < 1.29 is 32.3 Å². The van der Waals surface area contributed by atoms with Gasteiger partial charge in [-0.3, -0.25) is 9.59 Å². The molecule has 0 saturated heterocycles. The maximum atomic E-state index is 12.9. The van der Waals surface area contributed by atoms with Crippen LogP contribution in [0.1, 0.15) is 12.5 Å². The topological polar surface area (TPSA) is 87.7 Å². The predicted molar refractivity (Wildman–Crippen MR) is 101 cm³/mol. The summed E-state index contributed by atoms with van der Waals surface area (Å²) in [7, 11) is 4.66. The summed E-state index contributed by atoms with van der Waals surface area (Å²) >= 11 is 0. The number of nitrogens with zero attached hydrogens (tertiary/aromatic N) is 1. The number of carbonyl (C=O) groups excluding carboxylic acids is 3. The van der Waals surface area contributed by atoms with Crippen molar-refractivity contribution >= 4 is 23.3 Å². The van der Waals surface area contributed by atoms with E-state index in [1.807, 2.05) is 0 Å². The highest BCUT2D eigenvalue weighted by molar-refractivity contribution is 6.26. The Balaban J connectivity index is 3.35. The Kier molecular flexibility index (Phi) is 8.43. The van der Waals surface area contributed by atoms with Crippen molar-refractivity contribution in [3.05, 3.63) is 53.4 Å². The number of alkyl halides is 3. The first-order valence-corrected chi connectivity index (χ1v) is 8.48. The average Bonchev–Trinajstić information content (AvgIpc) is 2.63. The number of esters is 1. The van der Waals surface area contributed by atoms with Gasteiger partial charge in [0.1, 0.15) is 5.70 Å². The maximum absolute atomic E-state index is 12.9. The van der Waals surface area contributed by atoms with Gasteiger partial charge in [0.15, 0.2) is 5.57 Å². The molecule has 0 heterocycles. The molecule has 0 bridgehead atoms. The maximum Gasteiger partial charge on any atom is 0.416 e. The number of hydrogen-bond acceptors (Lipinski definition) is 6. The van der Waals surface area contributed by atoms with Gasteiger partial charge in [-0.25, -0.2) is 4.79 Å². The number of nitrogens with one attached hydrogen (secondary N) is 2. The Bertz CT molecular complexity index is 830. The second-order valence-corrected chi connectivity index (χ2v) is 5.90. The van der Waals surface area contributed by atoms with E-state index in [1.54, 1.807) is 19.0 Å². The quantitative estimate of drug-likeness (QED) is 0.294. The van der Waals surface area contributed by atoms with Gasteiger partial charge in [0.2, 0.25) is 5.78 Å². The van der Waals surface area contributed by atoms with E-state index < -0.39 is 35.0 Å². The van der Waals surface area contributed by atoms with E-state index in [0.717, 1.165) is 18.2 Å². The summed E-state index contributed by atoms with van der Waals surface area (Å²) in [5, 5.41) is 4.69. The van der Waals surface area contributed by atoms with Gasteiger partial charge >= 0.3 is 12.1 Å². The molecule has 0 atom stereocenters. The van der Waals surface area contributed by atoms with E-state index in [9.17, 15) is 27.6 Å². The molecule has 1 aromatic rings. The smallest absolute Gasteiger partial charge is 0.416 e. The van der Waals surface area contributed by atoms with Crippen molar-refractivity contribution in [3.63, 3.8) is 0 Å². The number of amides is 1. The van der Waals surface area contributed by atoms with E-state index in [4.69, 9.17) is 4.74 Å². The van der Waals surface area contributed by atoms with Crippen LogP contribution in [0.15, 0.2) is 47.8 Å². The molecule has 29 heavy (non-hydrogen) atoms. The molecule has 158 valence electrons. The fourth-order valence-corrected chi connectivity index (χ4v) is 2.15. The number of hydrogen-bond donors (Lipinski definition) is 2. The minimum Gasteiger partial charge on any atom is -0.462 e. The zero-order valence-corrected chi connectivity index (χ0v) is 16.4. The highest BCUT2D eigenvalue weighted by atomic mass is 19.4. The summed E-state index contributed by atoms with van der Waals surface area (Å²) < 4.78 is 43.4. The molecule has 0 saturated carbocycles. The van der Waals surface area contributed by atoms with Gasteiger partial charge in [-0.05, 0) is 25.1 Å². The SMILES string of the molecule is CCOC(=O)/C(C(=O)Nc1cccc(C(F)(F)F)c1)=C(/NC)C(=O)/C=C/N(C)C. The molecule has 0 unspecified atom stereocenters. The lowest BCUT2D eigenvalue weighted by Crippen LogP contribution is -2.30. The molecular formula is C19H22F3N3O4. The first-order chi connectivity index (χ1) is 13.5. The van der Waals surface area contributed by atoms with Crippen LogP contribution in [0.3, 0.4) is 0 Å². The van der Waals surface area contributed by atoms with Crippen molar-refractivity contribution in [2.75, 3.05) is 33.1 Å². The van der Waals surface area contributed by atoms with Crippen LogP contribution in [-0.4, -0.2) is 50.3 Å². The van der Waals surface area contributed by atoms with Gasteiger partial charge in [-0.2, -0.15) is 13.2 Å². The first-order valence-electron chi connectivity index (χ1n) is 8.48. The second-order valence-electron chi connectivity index (χ2n) is 5.90. The molecule has 0 aliphatic carbocycles. The first kappa shape index (κ1) is 23.7. The van der Waals surface area contributed by atoms with Crippen molar-refractivity contribution in [1.29, 1.82) is 0 Å². The molecule has 0 aliphatic heterocycles. The lowest BCUT2D eigenvalue weighted by molar-refractivity contribution is -0.140. The van der Waals surface area contributed by atoms with Crippen LogP contribution in [0.4, 0.5) is 18.9 Å². The van der Waals surface area contributed by atoms with Crippen LogP contribution < -0.4 is 10.6 Å². The van der Waals surface area contributed by atoms with Gasteiger partial charge in [0.25, 0.3) is 5.91 Å². The molecule has 1 aromatic carbocycles. The summed E-state index contributed by atoms with van der Waals surface area (Å²) in [6.07, 6.45) is -2.07. The van der Waals surface area contributed by atoms with E-state index >= 15 is 0 Å². The summed E-state index contributed by atoms with van der Waals surface area (Å²) in [5.41, 5.74) is -2.18. The number of rotatable bonds is 8. The molecule has 1 amide bonds. The minimum absolute atomic E-state index is 0.0715. The summed E-state index contributed by atoms with van der Waals surface area (Å²) in [6, 6.07) is 3.89. The van der Waals surface area contributed by atoms with Crippen molar-refractivity contribution in [3.8, 4) is 0 Å². The summed E-state index contributed by atoms with van der Waals surface area (Å²) in [4.78, 5) is 38.9. The van der Waals surface area contributed by atoms with Crippen LogP contribution >= 0.6 is 0 Å². The van der Waals surface area contributed by atoms with E-state index in [2.05, 4.69) is 10.6 Å². The van der Waals surface area contributed by atoms with Gasteiger partial charge in [0, 0.05) is 39.1 Å². The van der Waals surface area contributed by atoms with Crippen molar-refractivity contribution in [1.82, 2.24) is 10.2 Å². The molecule has 0 spiro atoms. The van der Waals surface area contributed by atoms with Gasteiger partial charge in [0.05, 0.1) is 12.2 Å². The number of allylic oxidation sites excluding steroid dienone is 1. The average molecular weight is 413 g/mol. The van der Waals surface area contributed by atoms with Gasteiger partial charge in [-0.1, -0.05) is 6.07 Å². The molecule has 0 fully saturated rings. The molecule has 10 heteroatoms. The van der Waals surface area contributed by atoms with Crippen molar-refractivity contribution in [2.45, 2.75) is 13.1 Å². The third-order valence-corrected chi connectivity index (χ3v) is 3.42. The lowest BCUT2D eigenvalue weighted by Gasteiger charge is -2.14. The highest BCUT2D eigenvalue weighted by Crippen LogP contribution is 2.30. The fourth-order valence-electron chi connectivity index (χ4n) is 2.15. The Morgan fingerprint density at radius 1 is 1.21 bits per heavy atom. The minimum atomic E-state index is -4.61. The standard InChI is InChI=1S/C19H22F3N3O4/c1-5-29-18(28)15(16(23-2)14(26)9-10-25(3)4)17(27)24-13-8-6-7-12(11-13)19(20,21)22/h6-11,23H,5H2,1-4H3,(H,24,27)/b10-9+,16-15+. The molecular weight excluding hydrogens is 391 g/mol. The van der Waals surface area contributed by atoms with Gasteiger partial charge in [-0.15, -0.1) is 0 Å². The fraction of sp³-hybridized carbons (Fsp3) is 0.316. The highest BCUT2D eigenvalue weighted by Gasteiger charge is 2.31. The number of anilines is 1. The normalized spacial score (nSPS) is 12.2. The van der Waals surface area contributed by atoms with Crippen LogP contribution in [0.2, 0.25) is 0 Å². The number of halogens is 3. The molecule has 7 nitrogen and oxygen atoms in total. The van der Waals surface area contributed by atoms with Crippen molar-refractivity contribution in [2.24, 2.45) is 0 Å². The molecule has 2 N–H and O–H groups in total. The van der Waals surface area contributed by atoms with Crippen LogP contribution in [0, 0.1) is 0 Å².